The van der Waals surface area contributed by atoms with Crippen LogP contribution in [0.5, 0.6) is 0 Å². The third kappa shape index (κ3) is 5.74. The molecule has 27 heavy (non-hydrogen) atoms. The van der Waals surface area contributed by atoms with Gasteiger partial charge in [-0.05, 0) is 51.3 Å². The second-order valence-corrected chi connectivity index (χ2v) is 7.72. The minimum absolute atomic E-state index is 0. The molecule has 0 saturated carbocycles. The molecule has 0 aromatic heterocycles. The molecule has 1 aromatic carbocycles. The van der Waals surface area contributed by atoms with E-state index >= 15 is 0 Å². The molecule has 1 aromatic rings. The fourth-order valence-corrected chi connectivity index (χ4v) is 4.16. The first-order valence-corrected chi connectivity index (χ1v) is 9.59. The molecule has 2 saturated heterocycles. The number of halogens is 2. The Bertz CT molecular complexity index is 610. The molecule has 2 fully saturated rings. The fourth-order valence-electron chi connectivity index (χ4n) is 4.16. The van der Waals surface area contributed by atoms with Gasteiger partial charge in [0.1, 0.15) is 0 Å². The van der Waals surface area contributed by atoms with Crippen LogP contribution < -0.4 is 5.73 Å². The molecular formula is C20H34Cl2N4O. The zero-order valence-corrected chi connectivity index (χ0v) is 18.3. The zero-order chi connectivity index (χ0) is 18.0. The Morgan fingerprint density at radius 1 is 1.04 bits per heavy atom. The van der Waals surface area contributed by atoms with Gasteiger partial charge in [0.15, 0.2) is 0 Å². The van der Waals surface area contributed by atoms with Gasteiger partial charge < -0.3 is 10.6 Å². The van der Waals surface area contributed by atoms with Crippen molar-refractivity contribution in [2.75, 3.05) is 45.0 Å². The average Bonchev–Trinajstić information content (AvgIpc) is 2.93. The van der Waals surface area contributed by atoms with E-state index in [0.717, 1.165) is 50.4 Å². The van der Waals surface area contributed by atoms with Crippen molar-refractivity contribution in [3.63, 3.8) is 0 Å². The normalized spacial score (nSPS) is 23.6. The second kappa shape index (κ2) is 10.5. The van der Waals surface area contributed by atoms with E-state index in [1.807, 2.05) is 24.0 Å². The van der Waals surface area contributed by atoms with Crippen molar-refractivity contribution in [3.8, 4) is 0 Å². The number of hydrogen-bond donors (Lipinski definition) is 1. The first-order chi connectivity index (χ1) is 12.0. The summed E-state index contributed by atoms with van der Waals surface area (Å²) in [6.07, 6.45) is 2.64. The lowest BCUT2D eigenvalue weighted by Gasteiger charge is -2.36. The highest BCUT2D eigenvalue weighted by molar-refractivity contribution is 5.96. The summed E-state index contributed by atoms with van der Waals surface area (Å²) in [5, 5.41) is 0. The summed E-state index contributed by atoms with van der Waals surface area (Å²) in [6, 6.07) is 7.01. The van der Waals surface area contributed by atoms with Crippen LogP contribution >= 0.6 is 24.8 Å². The summed E-state index contributed by atoms with van der Waals surface area (Å²) in [5.41, 5.74) is 8.25. The minimum atomic E-state index is 0. The minimum Gasteiger partial charge on any atom is -0.399 e. The number of carbonyl (C=O) groups excluding carboxylic acids is 1. The molecule has 7 heteroatoms. The number of piperazine rings is 1. The van der Waals surface area contributed by atoms with Crippen LogP contribution in [0.3, 0.4) is 0 Å². The number of nitrogens with zero attached hydrogens (tertiary/aromatic N) is 3. The first kappa shape index (κ1) is 24.0. The maximum atomic E-state index is 12.8. The van der Waals surface area contributed by atoms with Gasteiger partial charge in [-0.2, -0.15) is 0 Å². The van der Waals surface area contributed by atoms with E-state index in [-0.39, 0.29) is 30.7 Å². The number of rotatable bonds is 4. The van der Waals surface area contributed by atoms with Crippen molar-refractivity contribution in [1.82, 2.24) is 14.7 Å². The number of nitrogen functional groups attached to an aromatic ring is 1. The van der Waals surface area contributed by atoms with Gasteiger partial charge in [0.2, 0.25) is 0 Å². The molecule has 0 aliphatic carbocycles. The molecule has 0 radical (unpaired) electrons. The monoisotopic (exact) mass is 416 g/mol. The van der Waals surface area contributed by atoms with Gasteiger partial charge >= 0.3 is 0 Å². The molecule has 2 atom stereocenters. The maximum absolute atomic E-state index is 12.8. The van der Waals surface area contributed by atoms with Crippen molar-refractivity contribution in [2.45, 2.75) is 45.7 Å². The highest BCUT2D eigenvalue weighted by atomic mass is 35.5. The number of aryl methyl sites for hydroxylation is 1. The molecule has 2 unspecified atom stereocenters. The van der Waals surface area contributed by atoms with Crippen LogP contribution in [0.4, 0.5) is 5.69 Å². The third-order valence-corrected chi connectivity index (χ3v) is 5.96. The predicted molar refractivity (Wildman–Crippen MR) is 117 cm³/mol. The first-order valence-electron chi connectivity index (χ1n) is 9.59. The van der Waals surface area contributed by atoms with Crippen molar-refractivity contribution >= 4 is 36.4 Å². The maximum Gasteiger partial charge on any atom is 0.254 e. The summed E-state index contributed by atoms with van der Waals surface area (Å²) in [6.45, 7) is 12.4. The summed E-state index contributed by atoms with van der Waals surface area (Å²) < 4.78 is 0. The molecule has 2 heterocycles. The lowest BCUT2D eigenvalue weighted by atomic mass is 10.1. The lowest BCUT2D eigenvalue weighted by Crippen LogP contribution is -2.51. The van der Waals surface area contributed by atoms with Crippen LogP contribution in [0.1, 0.15) is 42.6 Å². The number of amides is 1. The van der Waals surface area contributed by atoms with E-state index in [2.05, 4.69) is 23.6 Å². The predicted octanol–water partition coefficient (Wildman–Crippen LogP) is 3.05. The van der Waals surface area contributed by atoms with Crippen LogP contribution in [0.25, 0.3) is 0 Å². The summed E-state index contributed by atoms with van der Waals surface area (Å²) >= 11 is 0. The third-order valence-electron chi connectivity index (χ3n) is 5.96. The second-order valence-electron chi connectivity index (χ2n) is 7.72. The Hall–Kier alpha value is -1.01. The number of likely N-dealkylation sites (tertiary alicyclic amines) is 1. The van der Waals surface area contributed by atoms with Crippen molar-refractivity contribution < 1.29 is 4.79 Å². The molecule has 5 nitrogen and oxygen atoms in total. The van der Waals surface area contributed by atoms with Gasteiger partial charge in [-0.1, -0.05) is 6.07 Å². The SMILES string of the molecule is Cc1ccc(N)cc1C(=O)N1CCN(CCN2C(C)CCC2C)CC1.Cl.Cl. The Balaban J connectivity index is 0.00000182. The van der Waals surface area contributed by atoms with Gasteiger partial charge in [0.25, 0.3) is 5.91 Å². The van der Waals surface area contributed by atoms with Crippen molar-refractivity contribution in [3.05, 3.63) is 29.3 Å². The quantitative estimate of drug-likeness (QED) is 0.766. The summed E-state index contributed by atoms with van der Waals surface area (Å²) in [5.74, 6) is 0.117. The average molecular weight is 417 g/mol. The smallest absolute Gasteiger partial charge is 0.254 e. The van der Waals surface area contributed by atoms with Gasteiger partial charge in [-0.25, -0.2) is 0 Å². The highest BCUT2D eigenvalue weighted by Crippen LogP contribution is 2.23. The molecule has 0 bridgehead atoms. The standard InChI is InChI=1S/C20H32N4O.2ClH/c1-15-4-7-18(21)14-19(15)20(25)23-11-8-22(9-12-23)10-13-24-16(2)5-6-17(24)3;;/h4,7,14,16-17H,5-6,8-13,21H2,1-3H3;2*1H. The van der Waals surface area contributed by atoms with Gasteiger partial charge in [-0.15, -0.1) is 24.8 Å². The molecule has 3 rings (SSSR count). The number of anilines is 1. The lowest BCUT2D eigenvalue weighted by molar-refractivity contribution is 0.0614. The van der Waals surface area contributed by atoms with Crippen LogP contribution in [-0.4, -0.2) is 72.0 Å². The van der Waals surface area contributed by atoms with E-state index in [4.69, 9.17) is 5.73 Å². The van der Waals surface area contributed by atoms with Crippen molar-refractivity contribution in [2.24, 2.45) is 0 Å². The van der Waals surface area contributed by atoms with Crippen LogP contribution in [0, 0.1) is 6.92 Å². The number of benzene rings is 1. The van der Waals surface area contributed by atoms with E-state index in [1.54, 1.807) is 6.07 Å². The molecular weight excluding hydrogens is 383 g/mol. The molecule has 1 amide bonds. The molecule has 2 N–H and O–H groups in total. The molecule has 154 valence electrons. The number of carbonyl (C=O) groups is 1. The highest BCUT2D eigenvalue weighted by Gasteiger charge is 2.28. The summed E-state index contributed by atoms with van der Waals surface area (Å²) in [4.78, 5) is 19.9. The molecule has 2 aliphatic rings. The Morgan fingerprint density at radius 2 is 1.63 bits per heavy atom. The van der Waals surface area contributed by atoms with E-state index in [9.17, 15) is 4.79 Å². The van der Waals surface area contributed by atoms with Gasteiger partial charge in [-0.3, -0.25) is 14.6 Å². The van der Waals surface area contributed by atoms with Gasteiger partial charge in [0.05, 0.1) is 0 Å². The molecule has 2 aliphatic heterocycles. The van der Waals surface area contributed by atoms with E-state index in [0.29, 0.717) is 17.8 Å². The number of hydrogen-bond acceptors (Lipinski definition) is 4. The van der Waals surface area contributed by atoms with Gasteiger partial charge in [0, 0.05) is 62.6 Å². The van der Waals surface area contributed by atoms with E-state index < -0.39 is 0 Å². The largest absolute Gasteiger partial charge is 0.399 e. The topological polar surface area (TPSA) is 52.8 Å². The Labute approximate surface area is 176 Å². The van der Waals surface area contributed by atoms with Crippen molar-refractivity contribution in [1.29, 1.82) is 0 Å². The molecule has 0 spiro atoms. The fraction of sp³-hybridized carbons (Fsp3) is 0.650. The summed E-state index contributed by atoms with van der Waals surface area (Å²) in [7, 11) is 0. The Morgan fingerprint density at radius 3 is 2.22 bits per heavy atom. The van der Waals surface area contributed by atoms with E-state index in [1.165, 1.54) is 12.8 Å². The Kier molecular flexibility index (Phi) is 9.35. The van der Waals surface area contributed by atoms with Crippen LogP contribution in [0.2, 0.25) is 0 Å². The van der Waals surface area contributed by atoms with Crippen LogP contribution in [-0.2, 0) is 0 Å². The zero-order valence-electron chi connectivity index (χ0n) is 16.7. The van der Waals surface area contributed by atoms with Crippen LogP contribution in [0.15, 0.2) is 18.2 Å². The number of nitrogens with two attached hydrogens (primary N) is 1.